The van der Waals surface area contributed by atoms with Crippen LogP contribution in [-0.2, 0) is 11.3 Å². The Balaban J connectivity index is 0.00000338. The topological polar surface area (TPSA) is 47.9 Å². The van der Waals surface area contributed by atoms with Crippen molar-refractivity contribution in [3.05, 3.63) is 35.4 Å². The number of aliphatic imine (C=N–C) groups is 1. The van der Waals surface area contributed by atoms with Crippen molar-refractivity contribution >= 4 is 35.8 Å². The minimum atomic E-state index is 0. The van der Waals surface area contributed by atoms with E-state index in [0.717, 1.165) is 31.9 Å². The van der Waals surface area contributed by atoms with Gasteiger partial charge in [0.05, 0.1) is 0 Å². The van der Waals surface area contributed by atoms with Crippen LogP contribution in [0.3, 0.4) is 0 Å². The van der Waals surface area contributed by atoms with Gasteiger partial charge in [-0.05, 0) is 44.2 Å². The quantitative estimate of drug-likeness (QED) is 0.406. The van der Waals surface area contributed by atoms with Crippen molar-refractivity contribution in [2.45, 2.75) is 52.1 Å². The molecule has 0 aromatic heterocycles. The van der Waals surface area contributed by atoms with Crippen LogP contribution in [0.1, 0.15) is 43.7 Å². The Hall–Kier alpha value is -1.31. The highest BCUT2D eigenvalue weighted by Gasteiger charge is 2.22. The van der Waals surface area contributed by atoms with Crippen molar-refractivity contribution in [1.29, 1.82) is 0 Å². The largest absolute Gasteiger partial charge is 0.356 e. The molecule has 1 N–H and O–H groups in total. The van der Waals surface area contributed by atoms with E-state index in [1.165, 1.54) is 17.5 Å². The lowest BCUT2D eigenvalue weighted by Crippen LogP contribution is -2.44. The molecule has 6 heteroatoms. The van der Waals surface area contributed by atoms with Crippen LogP contribution in [-0.4, -0.2) is 54.9 Å². The number of guanidine groups is 1. The van der Waals surface area contributed by atoms with Gasteiger partial charge in [-0.3, -0.25) is 9.79 Å². The number of benzene rings is 1. The third-order valence-corrected chi connectivity index (χ3v) is 4.99. The fourth-order valence-corrected chi connectivity index (χ4v) is 3.40. The molecular formula is C20H33IN4O. The van der Waals surface area contributed by atoms with Crippen molar-refractivity contribution in [3.8, 4) is 0 Å². The molecule has 0 radical (unpaired) electrons. The average molecular weight is 472 g/mol. The van der Waals surface area contributed by atoms with Crippen LogP contribution in [0.25, 0.3) is 0 Å². The van der Waals surface area contributed by atoms with Crippen molar-refractivity contribution in [2.75, 3.05) is 27.2 Å². The van der Waals surface area contributed by atoms with Crippen LogP contribution in [0.4, 0.5) is 0 Å². The number of rotatable bonds is 5. The lowest BCUT2D eigenvalue weighted by Gasteiger charge is -2.33. The number of aryl methyl sites for hydroxylation is 1. The summed E-state index contributed by atoms with van der Waals surface area (Å²) in [5.74, 6) is 1.07. The zero-order valence-electron chi connectivity index (χ0n) is 16.5. The monoisotopic (exact) mass is 472 g/mol. The van der Waals surface area contributed by atoms with Crippen LogP contribution in [0.15, 0.2) is 29.3 Å². The molecule has 1 saturated heterocycles. The van der Waals surface area contributed by atoms with E-state index in [-0.39, 0.29) is 29.9 Å². The summed E-state index contributed by atoms with van der Waals surface area (Å²) in [6.07, 6.45) is 4.01. The number of nitrogens with one attached hydrogen (secondary N) is 1. The molecule has 0 bridgehead atoms. The van der Waals surface area contributed by atoms with Crippen LogP contribution in [0.5, 0.6) is 0 Å². The standard InChI is InChI=1S/C20H32N4O.HI/c1-16-9-5-6-11-18(16)15-23(4)20(21-3)22-13-12-19(25)24-14-8-7-10-17(24)2;/h5-6,9,11,17H,7-8,10,12-15H2,1-4H3,(H,21,22);1H. The van der Waals surface area contributed by atoms with Gasteiger partial charge in [0.2, 0.25) is 5.91 Å². The predicted octanol–water partition coefficient (Wildman–Crippen LogP) is 3.41. The molecule has 1 aliphatic heterocycles. The lowest BCUT2D eigenvalue weighted by atomic mass is 10.0. The molecule has 1 aromatic rings. The molecule has 5 nitrogen and oxygen atoms in total. The van der Waals surface area contributed by atoms with E-state index in [9.17, 15) is 4.79 Å². The second-order valence-corrected chi connectivity index (χ2v) is 6.94. The molecule has 26 heavy (non-hydrogen) atoms. The number of carbonyl (C=O) groups excluding carboxylic acids is 1. The maximum absolute atomic E-state index is 12.4. The Morgan fingerprint density at radius 3 is 2.73 bits per heavy atom. The van der Waals surface area contributed by atoms with Crippen LogP contribution in [0.2, 0.25) is 0 Å². The first-order valence-electron chi connectivity index (χ1n) is 9.28. The molecule has 1 amide bonds. The molecular weight excluding hydrogens is 439 g/mol. The lowest BCUT2D eigenvalue weighted by molar-refractivity contribution is -0.134. The molecule has 0 spiro atoms. The van der Waals surface area contributed by atoms with Gasteiger partial charge in [0.1, 0.15) is 0 Å². The van der Waals surface area contributed by atoms with Gasteiger partial charge >= 0.3 is 0 Å². The number of nitrogens with zero attached hydrogens (tertiary/aromatic N) is 3. The molecule has 146 valence electrons. The van der Waals surface area contributed by atoms with E-state index in [1.54, 1.807) is 7.05 Å². The maximum atomic E-state index is 12.4. The summed E-state index contributed by atoms with van der Waals surface area (Å²) in [5.41, 5.74) is 2.56. The summed E-state index contributed by atoms with van der Waals surface area (Å²) in [6.45, 7) is 6.59. The number of hydrogen-bond donors (Lipinski definition) is 1. The van der Waals surface area contributed by atoms with Gasteiger partial charge in [-0.25, -0.2) is 0 Å². The summed E-state index contributed by atoms with van der Waals surface area (Å²) in [7, 11) is 3.81. The summed E-state index contributed by atoms with van der Waals surface area (Å²) in [4.78, 5) is 20.9. The second-order valence-electron chi connectivity index (χ2n) is 6.94. The predicted molar refractivity (Wildman–Crippen MR) is 119 cm³/mol. The minimum Gasteiger partial charge on any atom is -0.356 e. The Morgan fingerprint density at radius 2 is 2.08 bits per heavy atom. The van der Waals surface area contributed by atoms with Crippen LogP contribution < -0.4 is 5.32 Å². The Bertz CT molecular complexity index is 605. The Kier molecular flexibility index (Phi) is 9.98. The zero-order valence-corrected chi connectivity index (χ0v) is 18.8. The second kappa shape index (κ2) is 11.4. The molecule has 0 saturated carbocycles. The maximum Gasteiger partial charge on any atom is 0.224 e. The summed E-state index contributed by atoms with van der Waals surface area (Å²) < 4.78 is 0. The number of hydrogen-bond acceptors (Lipinski definition) is 2. The summed E-state index contributed by atoms with van der Waals surface area (Å²) >= 11 is 0. The van der Waals surface area contributed by atoms with Crippen LogP contribution in [0, 0.1) is 6.92 Å². The number of halogens is 1. The number of amides is 1. The van der Waals surface area contributed by atoms with E-state index in [1.807, 2.05) is 11.9 Å². The third kappa shape index (κ3) is 6.45. The molecule has 1 fully saturated rings. The molecule has 1 atom stereocenters. The van der Waals surface area contributed by atoms with Gasteiger partial charge in [0, 0.05) is 46.2 Å². The molecule has 1 aliphatic rings. The van der Waals surface area contributed by atoms with Gasteiger partial charge in [0.25, 0.3) is 0 Å². The number of likely N-dealkylation sites (tertiary alicyclic amines) is 1. The fraction of sp³-hybridized carbons (Fsp3) is 0.600. The molecule has 0 aliphatic carbocycles. The smallest absolute Gasteiger partial charge is 0.224 e. The van der Waals surface area contributed by atoms with E-state index >= 15 is 0 Å². The van der Waals surface area contributed by atoms with Gasteiger partial charge < -0.3 is 15.1 Å². The third-order valence-electron chi connectivity index (χ3n) is 4.99. The van der Waals surface area contributed by atoms with Crippen molar-refractivity contribution < 1.29 is 4.79 Å². The normalized spacial score (nSPS) is 17.5. The van der Waals surface area contributed by atoms with Gasteiger partial charge in [-0.15, -0.1) is 24.0 Å². The molecule has 1 unspecified atom stereocenters. The van der Waals surface area contributed by atoms with Gasteiger partial charge in [-0.1, -0.05) is 24.3 Å². The van der Waals surface area contributed by atoms with Crippen molar-refractivity contribution in [3.63, 3.8) is 0 Å². The fourth-order valence-electron chi connectivity index (χ4n) is 3.40. The van der Waals surface area contributed by atoms with E-state index in [0.29, 0.717) is 19.0 Å². The average Bonchev–Trinajstić information content (AvgIpc) is 2.60. The first kappa shape index (κ1) is 22.7. The van der Waals surface area contributed by atoms with Crippen molar-refractivity contribution in [1.82, 2.24) is 15.1 Å². The number of piperidine rings is 1. The number of carbonyl (C=O) groups is 1. The van der Waals surface area contributed by atoms with E-state index < -0.39 is 0 Å². The van der Waals surface area contributed by atoms with E-state index in [2.05, 4.69) is 53.3 Å². The van der Waals surface area contributed by atoms with Crippen LogP contribution >= 0.6 is 24.0 Å². The highest BCUT2D eigenvalue weighted by atomic mass is 127. The van der Waals surface area contributed by atoms with Crippen molar-refractivity contribution in [2.24, 2.45) is 4.99 Å². The summed E-state index contributed by atoms with van der Waals surface area (Å²) in [5, 5.41) is 3.32. The molecule has 1 heterocycles. The molecule has 2 rings (SSSR count). The van der Waals surface area contributed by atoms with Gasteiger partial charge in [-0.2, -0.15) is 0 Å². The minimum absolute atomic E-state index is 0. The zero-order chi connectivity index (χ0) is 18.2. The molecule has 1 aromatic carbocycles. The Labute approximate surface area is 175 Å². The SMILES string of the molecule is CN=C(NCCC(=O)N1CCCCC1C)N(C)Cc1ccccc1C.I. The highest BCUT2D eigenvalue weighted by molar-refractivity contribution is 14.0. The first-order chi connectivity index (χ1) is 12.0. The Morgan fingerprint density at radius 1 is 1.35 bits per heavy atom. The van der Waals surface area contributed by atoms with E-state index in [4.69, 9.17) is 0 Å². The highest BCUT2D eigenvalue weighted by Crippen LogP contribution is 2.17. The summed E-state index contributed by atoms with van der Waals surface area (Å²) in [6, 6.07) is 8.76. The first-order valence-corrected chi connectivity index (χ1v) is 9.28. The van der Waals surface area contributed by atoms with Gasteiger partial charge in [0.15, 0.2) is 5.96 Å².